The maximum atomic E-state index is 10.4. The fraction of sp³-hybridized carbons (Fsp3) is 0.167. The first-order valence-corrected chi connectivity index (χ1v) is 6.98. The van der Waals surface area contributed by atoms with E-state index >= 15 is 0 Å². The molecule has 1 atom stereocenters. The Kier molecular flexibility index (Phi) is 4.52. The van der Waals surface area contributed by atoms with Gasteiger partial charge in [0.2, 0.25) is 5.88 Å². The summed E-state index contributed by atoms with van der Waals surface area (Å²) in [6.07, 6.45) is 2.20. The molecule has 0 saturated carbocycles. The van der Waals surface area contributed by atoms with Gasteiger partial charge in [0.15, 0.2) is 0 Å². The second-order valence-electron chi connectivity index (χ2n) is 3.52. The molecule has 0 radical (unpaired) electrons. The molecule has 1 aromatic carbocycles. The molecule has 0 aliphatic heterocycles. The highest BCUT2D eigenvalue weighted by Crippen LogP contribution is 2.30. The molecule has 0 aliphatic carbocycles. The van der Waals surface area contributed by atoms with E-state index in [1.54, 1.807) is 0 Å². The Morgan fingerprint density at radius 2 is 2.06 bits per heavy atom. The average molecular weight is 421 g/mol. The predicted octanol–water partition coefficient (Wildman–Crippen LogP) is 2.93. The summed E-state index contributed by atoms with van der Waals surface area (Å²) in [6.45, 7) is 0. The van der Waals surface area contributed by atoms with Gasteiger partial charge in [-0.05, 0) is 40.8 Å². The average Bonchev–Trinajstić information content (AvgIpc) is 2.40. The van der Waals surface area contributed by atoms with Crippen LogP contribution in [0, 0.1) is 3.57 Å². The fourth-order valence-electron chi connectivity index (χ4n) is 1.55. The Labute approximate surface area is 127 Å². The van der Waals surface area contributed by atoms with Gasteiger partial charge in [-0.2, -0.15) is 0 Å². The van der Waals surface area contributed by atoms with E-state index in [1.807, 2.05) is 18.2 Å². The van der Waals surface area contributed by atoms with Crippen LogP contribution < -0.4 is 4.74 Å². The summed E-state index contributed by atoms with van der Waals surface area (Å²) < 4.78 is 6.97. The van der Waals surface area contributed by atoms with Crippen molar-refractivity contribution in [3.63, 3.8) is 0 Å². The normalized spacial score (nSPS) is 12.2. The van der Waals surface area contributed by atoms with Crippen molar-refractivity contribution in [3.8, 4) is 5.88 Å². The molecule has 2 aromatic rings. The Morgan fingerprint density at radius 1 is 1.33 bits per heavy atom. The zero-order valence-corrected chi connectivity index (χ0v) is 13.2. The molecule has 4 nitrogen and oxygen atoms in total. The summed E-state index contributed by atoms with van der Waals surface area (Å²) in [6, 6.07) is 5.71. The molecule has 0 bridgehead atoms. The van der Waals surface area contributed by atoms with Gasteiger partial charge in [-0.15, -0.1) is 0 Å². The van der Waals surface area contributed by atoms with Gasteiger partial charge in [-0.25, -0.2) is 4.98 Å². The first kappa shape index (κ1) is 13.7. The molecule has 0 aliphatic rings. The van der Waals surface area contributed by atoms with E-state index in [-0.39, 0.29) is 0 Å². The van der Waals surface area contributed by atoms with Crippen molar-refractivity contribution >= 4 is 38.5 Å². The van der Waals surface area contributed by atoms with Crippen LogP contribution in [0.1, 0.15) is 17.4 Å². The Bertz CT molecular complexity index is 566. The summed E-state index contributed by atoms with van der Waals surface area (Å²) in [4.78, 5) is 8.18. The van der Waals surface area contributed by atoms with E-state index in [2.05, 4.69) is 48.5 Å². The summed E-state index contributed by atoms with van der Waals surface area (Å²) in [7, 11) is 1.51. The van der Waals surface area contributed by atoms with Gasteiger partial charge in [0, 0.05) is 26.0 Å². The van der Waals surface area contributed by atoms with E-state index in [0.717, 1.165) is 13.6 Å². The van der Waals surface area contributed by atoms with Gasteiger partial charge in [-0.1, -0.05) is 15.9 Å². The molecule has 1 unspecified atom stereocenters. The summed E-state index contributed by atoms with van der Waals surface area (Å²) in [5.74, 6) is 0.334. The smallest absolute Gasteiger partial charge is 0.238 e. The van der Waals surface area contributed by atoms with E-state index in [9.17, 15) is 5.11 Å². The van der Waals surface area contributed by atoms with Crippen molar-refractivity contribution in [2.45, 2.75) is 6.10 Å². The molecule has 94 valence electrons. The van der Waals surface area contributed by atoms with Gasteiger partial charge in [0.1, 0.15) is 11.8 Å². The van der Waals surface area contributed by atoms with Crippen LogP contribution in [0.25, 0.3) is 0 Å². The number of aliphatic hydroxyl groups excluding tert-OH is 1. The van der Waals surface area contributed by atoms with Crippen LogP contribution in [0.2, 0.25) is 0 Å². The van der Waals surface area contributed by atoms with Crippen molar-refractivity contribution in [2.75, 3.05) is 7.11 Å². The fourth-order valence-corrected chi connectivity index (χ4v) is 2.56. The molecule has 2 rings (SSSR count). The highest BCUT2D eigenvalue weighted by atomic mass is 127. The monoisotopic (exact) mass is 420 g/mol. The number of hydrogen-bond donors (Lipinski definition) is 1. The third kappa shape index (κ3) is 2.81. The van der Waals surface area contributed by atoms with Crippen LogP contribution in [0.4, 0.5) is 0 Å². The zero-order chi connectivity index (χ0) is 13.1. The highest BCUT2D eigenvalue weighted by Gasteiger charge is 2.20. The van der Waals surface area contributed by atoms with Crippen molar-refractivity contribution in [1.82, 2.24) is 9.97 Å². The maximum absolute atomic E-state index is 10.4. The number of nitrogens with zero attached hydrogens (tertiary/aromatic N) is 2. The molecular formula is C12H10BrIN2O2. The summed E-state index contributed by atoms with van der Waals surface area (Å²) in [5, 5.41) is 10.4. The molecular weight excluding hydrogens is 411 g/mol. The van der Waals surface area contributed by atoms with Crippen LogP contribution in [0.5, 0.6) is 5.88 Å². The second kappa shape index (κ2) is 5.94. The van der Waals surface area contributed by atoms with E-state index < -0.39 is 6.10 Å². The third-order valence-corrected chi connectivity index (χ3v) is 3.87. The number of aromatic nitrogens is 2. The van der Waals surface area contributed by atoms with Gasteiger partial charge in [0.05, 0.1) is 7.11 Å². The number of halogens is 2. The lowest BCUT2D eigenvalue weighted by molar-refractivity contribution is 0.206. The van der Waals surface area contributed by atoms with Gasteiger partial charge >= 0.3 is 0 Å². The number of aliphatic hydroxyl groups is 1. The number of methoxy groups -OCH3 is 1. The molecule has 0 saturated heterocycles. The number of ether oxygens (including phenoxy) is 1. The Balaban J connectivity index is 2.47. The largest absolute Gasteiger partial charge is 0.480 e. The van der Waals surface area contributed by atoms with Gasteiger partial charge in [0.25, 0.3) is 0 Å². The summed E-state index contributed by atoms with van der Waals surface area (Å²) >= 11 is 5.56. The maximum Gasteiger partial charge on any atom is 0.238 e. The van der Waals surface area contributed by atoms with Crippen LogP contribution >= 0.6 is 38.5 Å². The minimum atomic E-state index is -0.863. The van der Waals surface area contributed by atoms with Crippen molar-refractivity contribution < 1.29 is 9.84 Å². The number of benzene rings is 1. The van der Waals surface area contributed by atoms with Crippen LogP contribution in [0.3, 0.4) is 0 Å². The molecule has 0 fully saturated rings. The van der Waals surface area contributed by atoms with E-state index in [4.69, 9.17) is 4.74 Å². The number of hydrogen-bond acceptors (Lipinski definition) is 4. The SMILES string of the molecule is COc1nccnc1C(O)c1cc(Br)ccc1I. The topological polar surface area (TPSA) is 55.2 Å². The van der Waals surface area contributed by atoms with Crippen molar-refractivity contribution in [1.29, 1.82) is 0 Å². The molecule has 0 spiro atoms. The van der Waals surface area contributed by atoms with Gasteiger partial charge in [-0.3, -0.25) is 4.98 Å². The molecule has 0 amide bonds. The Hall–Kier alpha value is -0.730. The predicted molar refractivity (Wildman–Crippen MR) is 79.5 cm³/mol. The lowest BCUT2D eigenvalue weighted by atomic mass is 10.1. The second-order valence-corrected chi connectivity index (χ2v) is 5.60. The first-order chi connectivity index (χ1) is 8.63. The third-order valence-electron chi connectivity index (χ3n) is 2.40. The molecule has 1 heterocycles. The molecule has 1 N–H and O–H groups in total. The molecule has 1 aromatic heterocycles. The van der Waals surface area contributed by atoms with Crippen LogP contribution in [-0.2, 0) is 0 Å². The molecule has 18 heavy (non-hydrogen) atoms. The standard InChI is InChI=1S/C12H10BrIN2O2/c1-18-12-10(15-4-5-16-12)11(17)8-6-7(13)2-3-9(8)14/h2-6,11,17H,1H3. The number of rotatable bonds is 3. The van der Waals surface area contributed by atoms with Crippen molar-refractivity contribution in [2.24, 2.45) is 0 Å². The first-order valence-electron chi connectivity index (χ1n) is 5.11. The van der Waals surface area contributed by atoms with Gasteiger partial charge < -0.3 is 9.84 Å². The lowest BCUT2D eigenvalue weighted by Gasteiger charge is -2.14. The zero-order valence-electron chi connectivity index (χ0n) is 9.47. The lowest BCUT2D eigenvalue weighted by Crippen LogP contribution is -2.07. The Morgan fingerprint density at radius 3 is 2.78 bits per heavy atom. The van der Waals surface area contributed by atoms with Crippen LogP contribution in [0.15, 0.2) is 35.1 Å². The summed E-state index contributed by atoms with van der Waals surface area (Å²) in [5.41, 5.74) is 1.18. The van der Waals surface area contributed by atoms with E-state index in [0.29, 0.717) is 11.6 Å². The quantitative estimate of drug-likeness (QED) is 0.775. The minimum absolute atomic E-state index is 0.334. The van der Waals surface area contributed by atoms with Crippen LogP contribution in [-0.4, -0.2) is 22.2 Å². The van der Waals surface area contributed by atoms with Crippen molar-refractivity contribution in [3.05, 3.63) is 49.9 Å². The molecule has 6 heteroatoms. The minimum Gasteiger partial charge on any atom is -0.480 e. The highest BCUT2D eigenvalue weighted by molar-refractivity contribution is 14.1. The van der Waals surface area contributed by atoms with E-state index in [1.165, 1.54) is 19.5 Å².